The van der Waals surface area contributed by atoms with E-state index in [-0.39, 0.29) is 12.8 Å². The van der Waals surface area contributed by atoms with Crippen molar-refractivity contribution in [2.45, 2.75) is 18.8 Å². The van der Waals surface area contributed by atoms with Gasteiger partial charge in [-0.15, -0.1) is 0 Å². The minimum absolute atomic E-state index is 0.111. The van der Waals surface area contributed by atoms with E-state index in [2.05, 4.69) is 5.32 Å². The molecule has 0 bridgehead atoms. The van der Waals surface area contributed by atoms with Crippen LogP contribution in [0.2, 0.25) is 20.1 Å². The van der Waals surface area contributed by atoms with Gasteiger partial charge in [0.15, 0.2) is 0 Å². The zero-order valence-corrected chi connectivity index (χ0v) is 15.8. The minimum Gasteiger partial charge on any atom is -0.481 e. The zero-order valence-electron chi connectivity index (χ0n) is 12.7. The number of anilines is 1. The Labute approximate surface area is 164 Å². The number of nitrogens with one attached hydrogen (secondary N) is 1. The van der Waals surface area contributed by atoms with Gasteiger partial charge < -0.3 is 10.4 Å². The summed E-state index contributed by atoms with van der Waals surface area (Å²) >= 11 is 24.1. The third-order valence-electron chi connectivity index (χ3n) is 3.41. The SMILES string of the molecule is O=C(O)CC(CC(=O)Nc1cc(Cl)cc(Cl)c1)c1c(Cl)cccc1Cl. The van der Waals surface area contributed by atoms with Crippen molar-refractivity contribution >= 4 is 64.0 Å². The number of aliphatic carboxylic acids is 1. The molecule has 0 aromatic heterocycles. The highest BCUT2D eigenvalue weighted by Gasteiger charge is 2.24. The number of hydrogen-bond acceptors (Lipinski definition) is 2. The molecule has 0 heterocycles. The quantitative estimate of drug-likeness (QED) is 0.612. The van der Waals surface area contributed by atoms with Crippen molar-refractivity contribution in [2.24, 2.45) is 0 Å². The van der Waals surface area contributed by atoms with Gasteiger partial charge in [0.2, 0.25) is 5.91 Å². The maximum absolute atomic E-state index is 12.3. The summed E-state index contributed by atoms with van der Waals surface area (Å²) in [5, 5.41) is 13.2. The number of benzene rings is 2. The van der Waals surface area contributed by atoms with Crippen LogP contribution in [0.15, 0.2) is 36.4 Å². The third kappa shape index (κ3) is 5.79. The van der Waals surface area contributed by atoms with Crippen molar-refractivity contribution in [3.05, 3.63) is 62.1 Å². The van der Waals surface area contributed by atoms with E-state index < -0.39 is 17.8 Å². The molecule has 1 unspecified atom stereocenters. The van der Waals surface area contributed by atoms with E-state index in [1.807, 2.05) is 0 Å². The highest BCUT2D eigenvalue weighted by Crippen LogP contribution is 2.36. The van der Waals surface area contributed by atoms with Gasteiger partial charge in [-0.3, -0.25) is 9.59 Å². The highest BCUT2D eigenvalue weighted by atomic mass is 35.5. The average Bonchev–Trinajstić information content (AvgIpc) is 2.44. The lowest BCUT2D eigenvalue weighted by molar-refractivity contribution is -0.137. The lowest BCUT2D eigenvalue weighted by atomic mass is 9.92. The fourth-order valence-corrected chi connectivity index (χ4v) is 3.68. The van der Waals surface area contributed by atoms with E-state index in [1.165, 1.54) is 6.07 Å². The van der Waals surface area contributed by atoms with Gasteiger partial charge in [0.05, 0.1) is 6.42 Å². The molecule has 132 valence electrons. The Morgan fingerprint density at radius 3 is 2.04 bits per heavy atom. The number of halogens is 4. The first-order valence-corrected chi connectivity index (χ1v) is 8.69. The second kappa shape index (κ2) is 8.77. The molecule has 0 spiro atoms. The van der Waals surface area contributed by atoms with Crippen molar-refractivity contribution in [3.8, 4) is 0 Å². The van der Waals surface area contributed by atoms with Crippen LogP contribution in [0.3, 0.4) is 0 Å². The average molecular weight is 421 g/mol. The summed E-state index contributed by atoms with van der Waals surface area (Å²) in [4.78, 5) is 23.5. The van der Waals surface area contributed by atoms with Gasteiger partial charge in [-0.25, -0.2) is 0 Å². The van der Waals surface area contributed by atoms with Gasteiger partial charge in [0.25, 0.3) is 0 Å². The summed E-state index contributed by atoms with van der Waals surface area (Å²) in [6.45, 7) is 0. The molecule has 0 aliphatic carbocycles. The first kappa shape index (κ1) is 19.9. The maximum Gasteiger partial charge on any atom is 0.303 e. The largest absolute Gasteiger partial charge is 0.481 e. The van der Waals surface area contributed by atoms with E-state index in [0.29, 0.717) is 31.3 Å². The predicted molar refractivity (Wildman–Crippen MR) is 101 cm³/mol. The molecule has 1 atom stereocenters. The number of hydrogen-bond donors (Lipinski definition) is 2. The molecular weight excluding hydrogens is 408 g/mol. The molecule has 0 saturated carbocycles. The predicted octanol–water partition coefficient (Wildman–Crippen LogP) is 5.89. The molecule has 0 fully saturated rings. The van der Waals surface area contributed by atoms with Crippen molar-refractivity contribution in [1.82, 2.24) is 0 Å². The summed E-state index contributed by atoms with van der Waals surface area (Å²) in [6.07, 6.45) is -0.396. The Bertz CT molecular complexity index is 770. The van der Waals surface area contributed by atoms with Crippen LogP contribution in [0, 0.1) is 0 Å². The van der Waals surface area contributed by atoms with Gasteiger partial charge in [-0.1, -0.05) is 52.5 Å². The van der Waals surface area contributed by atoms with Gasteiger partial charge in [-0.05, 0) is 35.9 Å². The molecular formula is C17H13Cl4NO3. The van der Waals surface area contributed by atoms with Gasteiger partial charge in [-0.2, -0.15) is 0 Å². The molecule has 0 aliphatic heterocycles. The first-order chi connectivity index (χ1) is 11.8. The van der Waals surface area contributed by atoms with Crippen LogP contribution < -0.4 is 5.32 Å². The van der Waals surface area contributed by atoms with Crippen LogP contribution >= 0.6 is 46.4 Å². The Hall–Kier alpha value is -1.46. The van der Waals surface area contributed by atoms with Crippen LogP contribution in [0.4, 0.5) is 5.69 Å². The van der Waals surface area contributed by atoms with Crippen LogP contribution in [0.25, 0.3) is 0 Å². The van der Waals surface area contributed by atoms with E-state index in [1.54, 1.807) is 30.3 Å². The molecule has 0 radical (unpaired) electrons. The summed E-state index contributed by atoms with van der Waals surface area (Å²) < 4.78 is 0. The van der Waals surface area contributed by atoms with Crippen LogP contribution in [0.5, 0.6) is 0 Å². The molecule has 1 amide bonds. The zero-order chi connectivity index (χ0) is 18.6. The Balaban J connectivity index is 2.22. The smallest absolute Gasteiger partial charge is 0.303 e. The number of rotatable bonds is 6. The number of carbonyl (C=O) groups excluding carboxylic acids is 1. The maximum atomic E-state index is 12.3. The summed E-state index contributed by atoms with van der Waals surface area (Å²) in [5.74, 6) is -2.13. The lowest BCUT2D eigenvalue weighted by Gasteiger charge is -2.18. The van der Waals surface area contributed by atoms with Gasteiger partial charge >= 0.3 is 5.97 Å². The van der Waals surface area contributed by atoms with Gasteiger partial charge in [0, 0.05) is 38.1 Å². The standard InChI is InChI=1S/C17H13Cl4NO3/c18-10-6-11(19)8-12(7-10)22-15(23)4-9(5-16(24)25)17-13(20)2-1-3-14(17)21/h1-3,6-9H,4-5H2,(H,22,23)(H,24,25). The number of carboxylic acids is 1. The second-order valence-corrected chi connectivity index (χ2v) is 7.03. The Morgan fingerprint density at radius 2 is 1.52 bits per heavy atom. The third-order valence-corrected chi connectivity index (χ3v) is 4.50. The van der Waals surface area contributed by atoms with Gasteiger partial charge in [0.1, 0.15) is 0 Å². The monoisotopic (exact) mass is 419 g/mol. The Kier molecular flexibility index (Phi) is 6.96. The number of amides is 1. The molecule has 2 aromatic carbocycles. The van der Waals surface area contributed by atoms with E-state index in [0.717, 1.165) is 0 Å². The van der Waals surface area contributed by atoms with E-state index >= 15 is 0 Å². The molecule has 2 N–H and O–H groups in total. The topological polar surface area (TPSA) is 66.4 Å². The molecule has 0 aliphatic rings. The van der Waals surface area contributed by atoms with Crippen molar-refractivity contribution in [2.75, 3.05) is 5.32 Å². The molecule has 2 aromatic rings. The fraction of sp³-hybridized carbons (Fsp3) is 0.176. The number of carbonyl (C=O) groups is 2. The summed E-state index contributed by atoms with van der Waals surface area (Å²) in [6, 6.07) is 9.48. The Morgan fingerprint density at radius 1 is 0.960 bits per heavy atom. The van der Waals surface area contributed by atoms with Crippen molar-refractivity contribution in [3.63, 3.8) is 0 Å². The molecule has 4 nitrogen and oxygen atoms in total. The molecule has 0 saturated heterocycles. The van der Waals surface area contributed by atoms with Crippen LogP contribution in [-0.4, -0.2) is 17.0 Å². The van der Waals surface area contributed by atoms with Crippen LogP contribution in [0.1, 0.15) is 24.3 Å². The summed E-state index contributed by atoms with van der Waals surface area (Å²) in [5.41, 5.74) is 0.856. The summed E-state index contributed by atoms with van der Waals surface area (Å²) in [7, 11) is 0. The normalized spacial score (nSPS) is 11.8. The molecule has 2 rings (SSSR count). The van der Waals surface area contributed by atoms with E-state index in [9.17, 15) is 9.59 Å². The van der Waals surface area contributed by atoms with E-state index in [4.69, 9.17) is 51.5 Å². The highest BCUT2D eigenvalue weighted by molar-refractivity contribution is 6.36. The molecule has 25 heavy (non-hydrogen) atoms. The second-order valence-electron chi connectivity index (χ2n) is 5.34. The van der Waals surface area contributed by atoms with Crippen LogP contribution in [-0.2, 0) is 9.59 Å². The van der Waals surface area contributed by atoms with Crippen molar-refractivity contribution in [1.29, 1.82) is 0 Å². The molecule has 8 heteroatoms. The fourth-order valence-electron chi connectivity index (χ4n) is 2.45. The minimum atomic E-state index is -1.06. The number of carboxylic acid groups (broad SMARTS) is 1. The van der Waals surface area contributed by atoms with Crippen molar-refractivity contribution < 1.29 is 14.7 Å². The lowest BCUT2D eigenvalue weighted by Crippen LogP contribution is -2.18. The first-order valence-electron chi connectivity index (χ1n) is 7.18.